The molecule has 0 atom stereocenters. The molecule has 0 saturated carbocycles. The van der Waals surface area contributed by atoms with E-state index in [1.165, 1.54) is 28.4 Å². The average molecular weight is 577 g/mol. The number of ether oxygens (including phenoxy) is 9. The van der Waals surface area contributed by atoms with Gasteiger partial charge in [-0.15, -0.1) is 0 Å². The predicted octanol–water partition coefficient (Wildman–Crippen LogP) is 5.37. The van der Waals surface area contributed by atoms with Crippen LogP contribution in [0.15, 0.2) is 44.0 Å². The fourth-order valence-corrected chi connectivity index (χ4v) is 5.44. The van der Waals surface area contributed by atoms with Crippen LogP contribution < -0.4 is 48.3 Å². The Hall–Kier alpha value is -5.39. The maximum atomic E-state index is 13.9. The van der Waals surface area contributed by atoms with E-state index in [-0.39, 0.29) is 47.6 Å². The van der Waals surface area contributed by atoms with Gasteiger partial charge >= 0.3 is 5.63 Å². The van der Waals surface area contributed by atoms with Gasteiger partial charge in [-0.2, -0.15) is 0 Å². The topological polar surface area (TPSA) is 126 Å². The largest absolute Gasteiger partial charge is 0.497 e. The van der Waals surface area contributed by atoms with Crippen LogP contribution in [-0.2, 0) is 0 Å². The lowest BCUT2D eigenvalue weighted by molar-refractivity contribution is 0.168. The predicted molar refractivity (Wildman–Crippen MR) is 148 cm³/mol. The normalized spacial score (nSPS) is 13.1. The van der Waals surface area contributed by atoms with Crippen molar-refractivity contribution in [2.24, 2.45) is 0 Å². The number of furan rings is 1. The van der Waals surface area contributed by atoms with E-state index < -0.39 is 5.63 Å². The molecular weight excluding hydrogens is 552 g/mol. The minimum Gasteiger partial charge on any atom is -0.497 e. The van der Waals surface area contributed by atoms with E-state index in [9.17, 15) is 4.79 Å². The van der Waals surface area contributed by atoms with Crippen LogP contribution in [-0.4, -0.2) is 49.1 Å². The van der Waals surface area contributed by atoms with Crippen molar-refractivity contribution in [2.45, 2.75) is 0 Å². The highest BCUT2D eigenvalue weighted by atomic mass is 16.7. The van der Waals surface area contributed by atoms with Gasteiger partial charge in [0.1, 0.15) is 11.5 Å². The van der Waals surface area contributed by atoms with Gasteiger partial charge in [0.2, 0.25) is 48.1 Å². The number of fused-ring (bicyclic) bond motifs is 4. The van der Waals surface area contributed by atoms with Crippen LogP contribution in [0.3, 0.4) is 0 Å². The van der Waals surface area contributed by atoms with Crippen LogP contribution in [0, 0.1) is 0 Å². The molecule has 2 aliphatic heterocycles. The molecule has 12 heteroatoms. The lowest BCUT2D eigenvalue weighted by Crippen LogP contribution is -2.05. The SMILES string of the molecule is COc1ccc(-c2oc3c(OC)c4c(c(OC)c3c2-c2cc3c(OC)c5c(c(OC)c3oc2=O)OCO5)OCO4)cc1. The average Bonchev–Trinajstić information content (AvgIpc) is 3.78. The van der Waals surface area contributed by atoms with E-state index in [0.717, 1.165) is 0 Å². The second kappa shape index (κ2) is 9.61. The van der Waals surface area contributed by atoms with E-state index in [0.29, 0.717) is 62.2 Å². The van der Waals surface area contributed by atoms with Crippen molar-refractivity contribution in [2.75, 3.05) is 49.1 Å². The van der Waals surface area contributed by atoms with E-state index in [1.54, 1.807) is 25.3 Å². The first-order chi connectivity index (χ1) is 20.5. The third-order valence-corrected chi connectivity index (χ3v) is 7.23. The number of benzene rings is 3. The second-order valence-corrected chi connectivity index (χ2v) is 9.19. The minimum absolute atomic E-state index is 0.0440. The van der Waals surface area contributed by atoms with Crippen molar-refractivity contribution in [1.82, 2.24) is 0 Å². The highest BCUT2D eigenvalue weighted by Crippen LogP contribution is 2.59. The Morgan fingerprint density at radius 2 is 1.17 bits per heavy atom. The standard InChI is InChI=1S/C30H24O12/c1-32-14-8-6-13(7-9-14)19-17(18-22(34-3)27-29(40-12-38-27)25(36-5)23(18)41-19)15-10-16-20(33-2)26-28(39-11-37-26)24(35-4)21(16)42-30(15)31/h6-10H,11-12H2,1-5H3. The van der Waals surface area contributed by atoms with Crippen LogP contribution in [0.25, 0.3) is 44.4 Å². The van der Waals surface area contributed by atoms with Crippen molar-refractivity contribution < 1.29 is 51.5 Å². The zero-order chi connectivity index (χ0) is 29.1. The maximum Gasteiger partial charge on any atom is 0.344 e. The van der Waals surface area contributed by atoms with Crippen molar-refractivity contribution in [1.29, 1.82) is 0 Å². The smallest absolute Gasteiger partial charge is 0.344 e. The van der Waals surface area contributed by atoms with Crippen molar-refractivity contribution in [3.63, 3.8) is 0 Å². The van der Waals surface area contributed by atoms with Crippen LogP contribution in [0.1, 0.15) is 0 Å². The summed E-state index contributed by atoms with van der Waals surface area (Å²) in [6.07, 6.45) is 0. The molecule has 0 unspecified atom stereocenters. The number of hydrogen-bond donors (Lipinski definition) is 0. The minimum atomic E-state index is -0.683. The van der Waals surface area contributed by atoms with Gasteiger partial charge in [-0.1, -0.05) is 0 Å². The molecule has 2 aromatic heterocycles. The number of hydrogen-bond acceptors (Lipinski definition) is 12. The van der Waals surface area contributed by atoms with E-state index >= 15 is 0 Å². The van der Waals surface area contributed by atoms with E-state index in [4.69, 9.17) is 51.5 Å². The molecule has 0 spiro atoms. The summed E-state index contributed by atoms with van der Waals surface area (Å²) in [5.74, 6) is 3.34. The molecule has 0 amide bonds. The summed E-state index contributed by atoms with van der Waals surface area (Å²) < 4.78 is 63.3. The van der Waals surface area contributed by atoms with Gasteiger partial charge in [0.25, 0.3) is 0 Å². The molecule has 0 saturated heterocycles. The Kier molecular flexibility index (Phi) is 5.85. The highest BCUT2D eigenvalue weighted by molar-refractivity contribution is 6.11. The third-order valence-electron chi connectivity index (χ3n) is 7.23. The quantitative estimate of drug-likeness (QED) is 0.231. The van der Waals surface area contributed by atoms with Gasteiger partial charge in [0, 0.05) is 11.1 Å². The zero-order valence-corrected chi connectivity index (χ0v) is 23.2. The van der Waals surface area contributed by atoms with Gasteiger partial charge in [0.05, 0.1) is 51.9 Å². The molecule has 0 N–H and O–H groups in total. The van der Waals surface area contributed by atoms with Crippen LogP contribution in [0.4, 0.5) is 0 Å². The van der Waals surface area contributed by atoms with Crippen molar-refractivity contribution >= 4 is 21.9 Å². The van der Waals surface area contributed by atoms with Crippen LogP contribution in [0.2, 0.25) is 0 Å². The molecule has 216 valence electrons. The number of methoxy groups -OCH3 is 5. The van der Waals surface area contributed by atoms with Gasteiger partial charge in [-0.25, -0.2) is 4.79 Å². The first-order valence-corrected chi connectivity index (χ1v) is 12.7. The summed E-state index contributed by atoms with van der Waals surface area (Å²) >= 11 is 0. The molecule has 0 radical (unpaired) electrons. The molecule has 7 rings (SSSR count). The molecule has 3 aromatic carbocycles. The molecular formula is C30H24O12. The number of rotatable bonds is 7. The Morgan fingerprint density at radius 3 is 1.74 bits per heavy atom. The first kappa shape index (κ1) is 25.6. The molecule has 2 aliphatic rings. The van der Waals surface area contributed by atoms with Crippen molar-refractivity contribution in [3.05, 3.63) is 40.8 Å². The molecule has 0 fully saturated rings. The van der Waals surface area contributed by atoms with Gasteiger partial charge < -0.3 is 51.5 Å². The van der Waals surface area contributed by atoms with Crippen LogP contribution >= 0.6 is 0 Å². The van der Waals surface area contributed by atoms with Gasteiger partial charge in [-0.3, -0.25) is 0 Å². The lowest BCUT2D eigenvalue weighted by Gasteiger charge is -2.14. The summed E-state index contributed by atoms with van der Waals surface area (Å²) in [5, 5.41) is 0.831. The Bertz CT molecular complexity index is 1930. The fraction of sp³-hybridized carbons (Fsp3) is 0.233. The van der Waals surface area contributed by atoms with Crippen molar-refractivity contribution in [3.8, 4) is 74.2 Å². The molecule has 0 aliphatic carbocycles. The molecule has 4 heterocycles. The molecule has 12 nitrogen and oxygen atoms in total. The summed E-state index contributed by atoms with van der Waals surface area (Å²) in [6.45, 7) is -0.0920. The summed E-state index contributed by atoms with van der Waals surface area (Å²) in [5.41, 5.74) is 0.895. The highest BCUT2D eigenvalue weighted by Gasteiger charge is 2.36. The summed E-state index contributed by atoms with van der Waals surface area (Å²) in [6, 6.07) is 8.82. The molecule has 42 heavy (non-hydrogen) atoms. The Labute approximate surface area is 237 Å². The Balaban J connectivity index is 1.63. The Morgan fingerprint density at radius 1 is 0.619 bits per heavy atom. The van der Waals surface area contributed by atoms with Gasteiger partial charge in [0.15, 0.2) is 22.7 Å². The fourth-order valence-electron chi connectivity index (χ4n) is 5.44. The van der Waals surface area contributed by atoms with Crippen LogP contribution in [0.5, 0.6) is 51.7 Å². The van der Waals surface area contributed by atoms with E-state index in [1.807, 2.05) is 12.1 Å². The first-order valence-electron chi connectivity index (χ1n) is 12.7. The third kappa shape index (κ3) is 3.44. The summed E-state index contributed by atoms with van der Waals surface area (Å²) in [7, 11) is 7.49. The van der Waals surface area contributed by atoms with Gasteiger partial charge in [-0.05, 0) is 30.3 Å². The monoisotopic (exact) mass is 576 g/mol. The lowest BCUT2D eigenvalue weighted by atomic mass is 9.97. The maximum absolute atomic E-state index is 13.9. The zero-order valence-electron chi connectivity index (χ0n) is 23.2. The second-order valence-electron chi connectivity index (χ2n) is 9.19. The van der Waals surface area contributed by atoms with E-state index in [2.05, 4.69) is 0 Å². The summed E-state index contributed by atoms with van der Waals surface area (Å²) in [4.78, 5) is 13.9. The molecule has 0 bridgehead atoms. The molecule has 5 aromatic rings.